The zero-order valence-electron chi connectivity index (χ0n) is 9.16. The lowest BCUT2D eigenvalue weighted by atomic mass is 10.2. The Morgan fingerprint density at radius 1 is 1.53 bits per heavy atom. The minimum Gasteiger partial charge on any atom is -0.506 e. The van der Waals surface area contributed by atoms with Gasteiger partial charge in [-0.15, -0.1) is 0 Å². The molecule has 0 aromatic heterocycles. The van der Waals surface area contributed by atoms with Gasteiger partial charge >= 0.3 is 5.97 Å². The second kappa shape index (κ2) is 5.15. The van der Waals surface area contributed by atoms with E-state index in [1.807, 2.05) is 0 Å². The van der Waals surface area contributed by atoms with Crippen molar-refractivity contribution in [2.75, 3.05) is 18.0 Å². The molecule has 0 atom stereocenters. The molecule has 0 radical (unpaired) electrons. The molecule has 1 aromatic rings. The number of hydrogen-bond acceptors (Lipinski definition) is 5. The van der Waals surface area contributed by atoms with Crippen LogP contribution in [0, 0.1) is 10.1 Å². The van der Waals surface area contributed by atoms with Crippen molar-refractivity contribution in [3.8, 4) is 5.75 Å². The zero-order valence-corrected chi connectivity index (χ0v) is 9.16. The largest absolute Gasteiger partial charge is 0.506 e. The summed E-state index contributed by atoms with van der Waals surface area (Å²) in [5.41, 5.74) is 0.0260. The Balaban J connectivity index is 3.04. The van der Waals surface area contributed by atoms with Crippen LogP contribution in [0.1, 0.15) is 6.92 Å². The highest BCUT2D eigenvalue weighted by Crippen LogP contribution is 2.30. The minimum atomic E-state index is -1.04. The minimum absolute atomic E-state index is 0.238. The number of non-ortho nitro benzene ring substituents is 1. The number of nitrogens with zero attached hydrogens (tertiary/aromatic N) is 2. The number of hydrogen-bond donors (Lipinski definition) is 2. The molecule has 0 heterocycles. The van der Waals surface area contributed by atoms with Crippen LogP contribution in [-0.4, -0.2) is 34.2 Å². The van der Waals surface area contributed by atoms with Crippen LogP contribution in [0.2, 0.25) is 0 Å². The number of likely N-dealkylation sites (N-methyl/N-ethyl adjacent to an activating group) is 1. The van der Waals surface area contributed by atoms with Crippen LogP contribution in [-0.2, 0) is 4.79 Å². The average molecular weight is 240 g/mol. The number of phenolic OH excluding ortho intramolecular Hbond substituents is 1. The first-order valence-corrected chi connectivity index (χ1v) is 4.89. The Kier molecular flexibility index (Phi) is 3.86. The van der Waals surface area contributed by atoms with E-state index in [1.54, 1.807) is 6.92 Å². The maximum Gasteiger partial charge on any atom is 0.323 e. The summed E-state index contributed by atoms with van der Waals surface area (Å²) in [6.07, 6.45) is 0. The van der Waals surface area contributed by atoms with Crippen LogP contribution in [0.4, 0.5) is 11.4 Å². The molecule has 1 rings (SSSR count). The number of carbonyl (C=O) groups is 1. The molecular formula is C10H12N2O5. The summed E-state index contributed by atoms with van der Waals surface area (Å²) in [6.45, 7) is 1.82. The van der Waals surface area contributed by atoms with Gasteiger partial charge in [0.15, 0.2) is 0 Å². The van der Waals surface area contributed by atoms with E-state index in [1.165, 1.54) is 17.0 Å². The summed E-state index contributed by atoms with van der Waals surface area (Å²) in [5.74, 6) is -1.34. The SMILES string of the molecule is CCN(CC(=O)O)c1ccc([N+](=O)[O-])cc1O. The van der Waals surface area contributed by atoms with Gasteiger partial charge in [-0.05, 0) is 13.0 Å². The van der Waals surface area contributed by atoms with Crippen molar-refractivity contribution >= 4 is 17.3 Å². The molecule has 0 aliphatic heterocycles. The highest BCUT2D eigenvalue weighted by Gasteiger charge is 2.16. The Labute approximate surface area is 97.1 Å². The van der Waals surface area contributed by atoms with Crippen LogP contribution in [0.5, 0.6) is 5.75 Å². The molecule has 7 nitrogen and oxygen atoms in total. The van der Waals surface area contributed by atoms with Crippen LogP contribution in [0.25, 0.3) is 0 Å². The number of benzene rings is 1. The van der Waals surface area contributed by atoms with E-state index in [2.05, 4.69) is 0 Å². The molecule has 0 saturated heterocycles. The van der Waals surface area contributed by atoms with E-state index in [0.29, 0.717) is 6.54 Å². The standard InChI is InChI=1S/C10H12N2O5/c1-2-11(6-10(14)15)8-4-3-7(12(16)17)5-9(8)13/h3-5,13H,2,6H2,1H3,(H,14,15). The van der Waals surface area contributed by atoms with Gasteiger partial charge in [0.2, 0.25) is 0 Å². The Bertz CT molecular complexity index is 446. The normalized spacial score (nSPS) is 9.94. The average Bonchev–Trinajstić information content (AvgIpc) is 2.25. The Morgan fingerprint density at radius 2 is 2.18 bits per heavy atom. The molecule has 0 unspecified atom stereocenters. The van der Waals surface area contributed by atoms with Crippen LogP contribution in [0.15, 0.2) is 18.2 Å². The summed E-state index contributed by atoms with van der Waals surface area (Å²) in [6, 6.07) is 3.55. The van der Waals surface area contributed by atoms with Crippen molar-refractivity contribution in [3.63, 3.8) is 0 Å². The molecule has 7 heteroatoms. The number of aromatic hydroxyl groups is 1. The molecule has 0 spiro atoms. The monoisotopic (exact) mass is 240 g/mol. The Morgan fingerprint density at radius 3 is 2.59 bits per heavy atom. The fourth-order valence-electron chi connectivity index (χ4n) is 1.42. The lowest BCUT2D eigenvalue weighted by molar-refractivity contribution is -0.384. The molecule has 2 N–H and O–H groups in total. The van der Waals surface area contributed by atoms with Crippen molar-refractivity contribution in [2.24, 2.45) is 0 Å². The first-order valence-electron chi connectivity index (χ1n) is 4.89. The van der Waals surface area contributed by atoms with Gasteiger partial charge in [-0.1, -0.05) is 0 Å². The molecule has 0 fully saturated rings. The summed E-state index contributed by atoms with van der Waals surface area (Å²) in [4.78, 5) is 21.8. The maximum atomic E-state index is 10.6. The highest BCUT2D eigenvalue weighted by molar-refractivity contribution is 5.75. The van der Waals surface area contributed by atoms with Gasteiger partial charge in [-0.3, -0.25) is 14.9 Å². The van der Waals surface area contributed by atoms with E-state index < -0.39 is 10.9 Å². The smallest absolute Gasteiger partial charge is 0.323 e. The van der Waals surface area contributed by atoms with Crippen molar-refractivity contribution < 1.29 is 19.9 Å². The van der Waals surface area contributed by atoms with Crippen molar-refractivity contribution in [1.82, 2.24) is 0 Å². The summed E-state index contributed by atoms with van der Waals surface area (Å²) >= 11 is 0. The van der Waals surface area contributed by atoms with E-state index in [-0.39, 0.29) is 23.7 Å². The molecule has 17 heavy (non-hydrogen) atoms. The third-order valence-electron chi connectivity index (χ3n) is 2.22. The van der Waals surface area contributed by atoms with Crippen molar-refractivity contribution in [1.29, 1.82) is 0 Å². The van der Waals surface area contributed by atoms with Gasteiger partial charge in [0.1, 0.15) is 12.3 Å². The Hall–Kier alpha value is -2.31. The number of phenols is 1. The number of carboxylic acids is 1. The quantitative estimate of drug-likeness (QED) is 0.592. The third kappa shape index (κ3) is 3.07. The molecule has 92 valence electrons. The summed E-state index contributed by atoms with van der Waals surface area (Å²) in [5, 5.41) is 28.8. The van der Waals surface area contributed by atoms with E-state index in [0.717, 1.165) is 6.07 Å². The molecule has 1 aromatic carbocycles. The second-order valence-corrected chi connectivity index (χ2v) is 3.34. The number of nitro groups is 1. The lowest BCUT2D eigenvalue weighted by Gasteiger charge is -2.21. The van der Waals surface area contributed by atoms with E-state index >= 15 is 0 Å². The maximum absolute atomic E-state index is 10.6. The molecule has 0 aliphatic rings. The van der Waals surface area contributed by atoms with Gasteiger partial charge in [-0.25, -0.2) is 0 Å². The molecule has 0 saturated carbocycles. The van der Waals surface area contributed by atoms with E-state index in [9.17, 15) is 20.0 Å². The molecule has 0 amide bonds. The number of nitro benzene ring substituents is 1. The topological polar surface area (TPSA) is 104 Å². The predicted molar refractivity (Wildman–Crippen MR) is 60.3 cm³/mol. The van der Waals surface area contributed by atoms with Crippen LogP contribution < -0.4 is 4.90 Å². The molecular weight excluding hydrogens is 228 g/mol. The highest BCUT2D eigenvalue weighted by atomic mass is 16.6. The summed E-state index contributed by atoms with van der Waals surface area (Å²) < 4.78 is 0. The van der Waals surface area contributed by atoms with Gasteiger partial charge in [0.05, 0.1) is 16.7 Å². The van der Waals surface area contributed by atoms with Gasteiger partial charge in [0, 0.05) is 12.6 Å². The predicted octanol–water partition coefficient (Wildman–Crippen LogP) is 1.21. The summed E-state index contributed by atoms with van der Waals surface area (Å²) in [7, 11) is 0. The molecule has 0 bridgehead atoms. The first kappa shape index (κ1) is 12.8. The molecule has 0 aliphatic carbocycles. The number of rotatable bonds is 5. The second-order valence-electron chi connectivity index (χ2n) is 3.34. The number of aliphatic carboxylic acids is 1. The van der Waals surface area contributed by atoms with Gasteiger partial charge < -0.3 is 15.1 Å². The van der Waals surface area contributed by atoms with Gasteiger partial charge in [-0.2, -0.15) is 0 Å². The first-order chi connectivity index (χ1) is 7.95. The van der Waals surface area contributed by atoms with Crippen molar-refractivity contribution in [2.45, 2.75) is 6.92 Å². The number of anilines is 1. The lowest BCUT2D eigenvalue weighted by Crippen LogP contribution is -2.29. The zero-order chi connectivity index (χ0) is 13.0. The fourth-order valence-corrected chi connectivity index (χ4v) is 1.42. The third-order valence-corrected chi connectivity index (χ3v) is 2.22. The fraction of sp³-hybridized carbons (Fsp3) is 0.300. The van der Waals surface area contributed by atoms with Crippen molar-refractivity contribution in [3.05, 3.63) is 28.3 Å². The number of carboxylic acid groups (broad SMARTS) is 1. The van der Waals surface area contributed by atoms with E-state index in [4.69, 9.17) is 5.11 Å². The van der Waals surface area contributed by atoms with Gasteiger partial charge in [0.25, 0.3) is 5.69 Å². The van der Waals surface area contributed by atoms with Crippen LogP contribution in [0.3, 0.4) is 0 Å². The van der Waals surface area contributed by atoms with Crippen LogP contribution >= 0.6 is 0 Å².